The van der Waals surface area contributed by atoms with Crippen molar-refractivity contribution in [3.63, 3.8) is 0 Å². The summed E-state index contributed by atoms with van der Waals surface area (Å²) in [7, 11) is 0. The number of hydrogen-bond acceptors (Lipinski definition) is 0. The van der Waals surface area contributed by atoms with Crippen molar-refractivity contribution in [1.82, 2.24) is 0 Å². The van der Waals surface area contributed by atoms with E-state index in [-0.39, 0.29) is 0 Å². The monoisotopic (exact) mass is 202 g/mol. The molecule has 1 rings (SSSR count). The van der Waals surface area contributed by atoms with E-state index in [9.17, 15) is 0 Å². The molecule has 1 aromatic rings. The summed E-state index contributed by atoms with van der Waals surface area (Å²) < 4.78 is 0. The molecule has 0 N–H and O–H groups in total. The summed E-state index contributed by atoms with van der Waals surface area (Å²) in [5.74, 6) is 0.668. The van der Waals surface area contributed by atoms with Gasteiger partial charge in [-0.25, -0.2) is 0 Å². The second-order valence-corrected chi connectivity index (χ2v) is 4.43. The maximum atomic E-state index is 2.32. The minimum absolute atomic E-state index is 0.668. The first-order valence-electron chi connectivity index (χ1n) is 5.82. The van der Waals surface area contributed by atoms with Crippen LogP contribution in [0.1, 0.15) is 50.7 Å². The van der Waals surface area contributed by atoms with Crippen LogP contribution in [-0.2, 0) is 0 Å². The molecule has 0 amide bonds. The van der Waals surface area contributed by atoms with Gasteiger partial charge in [-0.2, -0.15) is 0 Å². The lowest BCUT2D eigenvalue weighted by Crippen LogP contribution is -1.96. The maximum absolute atomic E-state index is 2.32. The summed E-state index contributed by atoms with van der Waals surface area (Å²) in [4.78, 5) is 0. The Labute approximate surface area is 94.0 Å². The molecule has 1 unspecified atom stereocenters. The van der Waals surface area contributed by atoms with Gasteiger partial charge in [0.15, 0.2) is 0 Å². The van der Waals surface area contributed by atoms with E-state index in [1.165, 1.54) is 29.5 Å². The molecule has 15 heavy (non-hydrogen) atoms. The molecule has 0 aliphatic heterocycles. The van der Waals surface area contributed by atoms with Crippen molar-refractivity contribution in [3.8, 4) is 0 Å². The molecular formula is C15H22. The van der Waals surface area contributed by atoms with Crippen LogP contribution < -0.4 is 0 Å². The molecular weight excluding hydrogens is 180 g/mol. The molecule has 0 nitrogen and oxygen atoms in total. The molecule has 0 fully saturated rings. The van der Waals surface area contributed by atoms with Crippen LogP contribution in [0.25, 0.3) is 0 Å². The predicted octanol–water partition coefficient (Wildman–Crippen LogP) is 4.84. The van der Waals surface area contributed by atoms with E-state index < -0.39 is 0 Å². The normalized spacial score (nSPS) is 14.0. The SMILES string of the molecule is C/C=C(/C)CCC(C)c1ccccc1C. The summed E-state index contributed by atoms with van der Waals surface area (Å²) in [6.07, 6.45) is 4.68. The Morgan fingerprint density at radius 1 is 1.33 bits per heavy atom. The zero-order valence-corrected chi connectivity index (χ0v) is 10.4. The van der Waals surface area contributed by atoms with Gasteiger partial charge in [0.2, 0.25) is 0 Å². The van der Waals surface area contributed by atoms with Gasteiger partial charge in [0.25, 0.3) is 0 Å². The van der Waals surface area contributed by atoms with E-state index in [0.717, 1.165) is 0 Å². The minimum atomic E-state index is 0.668. The quantitative estimate of drug-likeness (QED) is 0.612. The van der Waals surface area contributed by atoms with Crippen molar-refractivity contribution in [2.45, 2.75) is 46.5 Å². The average Bonchev–Trinajstić information content (AvgIpc) is 2.26. The molecule has 0 aliphatic carbocycles. The molecule has 0 spiro atoms. The molecule has 0 saturated carbocycles. The lowest BCUT2D eigenvalue weighted by Gasteiger charge is -2.14. The zero-order chi connectivity index (χ0) is 11.3. The molecule has 0 bridgehead atoms. The highest BCUT2D eigenvalue weighted by molar-refractivity contribution is 5.28. The second kappa shape index (κ2) is 5.75. The Balaban J connectivity index is 2.61. The Hall–Kier alpha value is -1.04. The second-order valence-electron chi connectivity index (χ2n) is 4.43. The van der Waals surface area contributed by atoms with Gasteiger partial charge >= 0.3 is 0 Å². The molecule has 1 atom stereocenters. The molecule has 0 aliphatic rings. The number of rotatable bonds is 4. The number of aryl methyl sites for hydroxylation is 1. The average molecular weight is 202 g/mol. The Morgan fingerprint density at radius 2 is 2.00 bits per heavy atom. The zero-order valence-electron chi connectivity index (χ0n) is 10.4. The first kappa shape index (κ1) is 12.0. The van der Waals surface area contributed by atoms with E-state index >= 15 is 0 Å². The van der Waals surface area contributed by atoms with Crippen LogP contribution in [-0.4, -0.2) is 0 Å². The summed E-state index contributed by atoms with van der Waals surface area (Å²) in [6, 6.07) is 8.71. The van der Waals surface area contributed by atoms with E-state index in [1.807, 2.05) is 0 Å². The third kappa shape index (κ3) is 3.54. The molecule has 0 radical (unpaired) electrons. The fourth-order valence-corrected chi connectivity index (χ4v) is 1.88. The summed E-state index contributed by atoms with van der Waals surface area (Å²) in [5, 5.41) is 0. The molecule has 82 valence electrons. The van der Waals surface area contributed by atoms with Crippen LogP contribution in [0.4, 0.5) is 0 Å². The highest BCUT2D eigenvalue weighted by Gasteiger charge is 2.07. The number of hydrogen-bond donors (Lipinski definition) is 0. The largest absolute Gasteiger partial charge is 0.0887 e. The van der Waals surface area contributed by atoms with Gasteiger partial charge in [0, 0.05) is 0 Å². The Bertz CT molecular complexity index is 334. The molecule has 1 aromatic carbocycles. The van der Waals surface area contributed by atoms with Crippen molar-refractivity contribution in [2.75, 3.05) is 0 Å². The van der Waals surface area contributed by atoms with Gasteiger partial charge in [-0.15, -0.1) is 0 Å². The molecule has 0 saturated heterocycles. The summed E-state index contributed by atoms with van der Waals surface area (Å²) in [6.45, 7) is 8.86. The standard InChI is InChI=1S/C15H22/c1-5-12(2)10-11-14(4)15-9-7-6-8-13(15)3/h5-9,14H,10-11H2,1-4H3/b12-5-. The van der Waals surface area contributed by atoms with E-state index in [0.29, 0.717) is 5.92 Å². The molecule has 0 aromatic heterocycles. The number of benzene rings is 1. The van der Waals surface area contributed by atoms with E-state index in [2.05, 4.69) is 58.0 Å². The van der Waals surface area contributed by atoms with E-state index in [1.54, 1.807) is 0 Å². The topological polar surface area (TPSA) is 0 Å². The fraction of sp³-hybridized carbons (Fsp3) is 0.467. The van der Waals surface area contributed by atoms with Gasteiger partial charge in [-0.05, 0) is 50.7 Å². The third-order valence-corrected chi connectivity index (χ3v) is 3.18. The Morgan fingerprint density at radius 3 is 2.60 bits per heavy atom. The van der Waals surface area contributed by atoms with Gasteiger partial charge in [0.1, 0.15) is 0 Å². The third-order valence-electron chi connectivity index (χ3n) is 3.18. The summed E-state index contributed by atoms with van der Waals surface area (Å²) in [5.41, 5.74) is 4.42. The lowest BCUT2D eigenvalue weighted by molar-refractivity contribution is 0.672. The number of allylic oxidation sites excluding steroid dienone is 2. The first-order valence-corrected chi connectivity index (χ1v) is 5.82. The lowest BCUT2D eigenvalue weighted by atomic mass is 9.91. The van der Waals surface area contributed by atoms with Gasteiger partial charge in [0.05, 0.1) is 0 Å². The predicted molar refractivity (Wildman–Crippen MR) is 68.3 cm³/mol. The summed E-state index contributed by atoms with van der Waals surface area (Å²) >= 11 is 0. The minimum Gasteiger partial charge on any atom is -0.0887 e. The van der Waals surface area contributed by atoms with Gasteiger partial charge in [-0.1, -0.05) is 42.8 Å². The van der Waals surface area contributed by atoms with Crippen molar-refractivity contribution in [1.29, 1.82) is 0 Å². The van der Waals surface area contributed by atoms with Crippen LogP contribution in [0, 0.1) is 6.92 Å². The Kier molecular flexibility index (Phi) is 4.61. The highest BCUT2D eigenvalue weighted by Crippen LogP contribution is 2.25. The fourth-order valence-electron chi connectivity index (χ4n) is 1.88. The smallest absolute Gasteiger partial charge is 0.0185 e. The van der Waals surface area contributed by atoms with E-state index in [4.69, 9.17) is 0 Å². The molecule has 0 heterocycles. The van der Waals surface area contributed by atoms with Crippen LogP contribution in [0.15, 0.2) is 35.9 Å². The molecule has 0 heteroatoms. The first-order chi connectivity index (χ1) is 7.15. The van der Waals surface area contributed by atoms with Crippen LogP contribution in [0.2, 0.25) is 0 Å². The van der Waals surface area contributed by atoms with Crippen LogP contribution in [0.3, 0.4) is 0 Å². The van der Waals surface area contributed by atoms with Gasteiger partial charge in [-0.3, -0.25) is 0 Å². The van der Waals surface area contributed by atoms with Crippen molar-refractivity contribution < 1.29 is 0 Å². The van der Waals surface area contributed by atoms with Crippen LogP contribution in [0.5, 0.6) is 0 Å². The van der Waals surface area contributed by atoms with Crippen LogP contribution >= 0.6 is 0 Å². The van der Waals surface area contributed by atoms with Crippen molar-refractivity contribution in [2.24, 2.45) is 0 Å². The van der Waals surface area contributed by atoms with Crippen molar-refractivity contribution >= 4 is 0 Å². The van der Waals surface area contributed by atoms with Crippen molar-refractivity contribution in [3.05, 3.63) is 47.0 Å². The van der Waals surface area contributed by atoms with Gasteiger partial charge < -0.3 is 0 Å². The highest BCUT2D eigenvalue weighted by atomic mass is 14.1. The maximum Gasteiger partial charge on any atom is -0.0185 e.